The van der Waals surface area contributed by atoms with E-state index in [-0.39, 0.29) is 17.2 Å². The standard InChI is InChI=1S/C34H33F2N7O4S/c1-45-30-16-28-25(14-21(30)4-2-5-23(44)6-3-12-43-13-11-22(35)17-43)31(38-19-37-28)39-27-10-9-24(15-26(27)36)46-34-40-29(18-48-34)33-42-41-32(47-33)20-7-8-20/h3,6,9-10,14-16,18-20,22H,2,4-5,7-8,11-13,17H2,1H3,(H,37,38,39)/b6-3+/t22-/m1/s1. The zero-order valence-electron chi connectivity index (χ0n) is 26.2. The molecule has 3 aromatic heterocycles. The first-order chi connectivity index (χ1) is 23.4. The molecule has 5 aromatic rings. The number of aryl methyl sites for hydroxylation is 1. The van der Waals surface area contributed by atoms with E-state index >= 15 is 4.39 Å². The number of aromatic nitrogens is 5. The minimum absolute atomic E-state index is 0.0175. The van der Waals surface area contributed by atoms with Gasteiger partial charge in [0.2, 0.25) is 5.89 Å². The Balaban J connectivity index is 0.994. The van der Waals surface area contributed by atoms with Crippen LogP contribution in [0.3, 0.4) is 0 Å². The highest BCUT2D eigenvalue weighted by Crippen LogP contribution is 2.40. The third kappa shape index (κ3) is 7.50. The Morgan fingerprint density at radius 2 is 2.08 bits per heavy atom. The third-order valence-electron chi connectivity index (χ3n) is 8.26. The smallest absolute Gasteiger partial charge is 0.279 e. The van der Waals surface area contributed by atoms with Crippen LogP contribution in [-0.4, -0.2) is 68.7 Å². The van der Waals surface area contributed by atoms with E-state index in [4.69, 9.17) is 13.9 Å². The van der Waals surface area contributed by atoms with Crippen molar-refractivity contribution in [3.8, 4) is 28.3 Å². The van der Waals surface area contributed by atoms with E-state index in [1.807, 2.05) is 17.0 Å². The van der Waals surface area contributed by atoms with Gasteiger partial charge in [-0.05, 0) is 61.9 Å². The van der Waals surface area contributed by atoms with Gasteiger partial charge in [0.25, 0.3) is 11.1 Å². The van der Waals surface area contributed by atoms with E-state index < -0.39 is 12.0 Å². The number of carbonyl (C=O) groups excluding carboxylic acids is 1. The van der Waals surface area contributed by atoms with E-state index in [1.165, 1.54) is 23.7 Å². The van der Waals surface area contributed by atoms with Crippen LogP contribution in [0, 0.1) is 5.82 Å². The van der Waals surface area contributed by atoms with Crippen LogP contribution in [0.2, 0.25) is 0 Å². The fraction of sp³-hybridized carbons (Fsp3) is 0.353. The van der Waals surface area contributed by atoms with E-state index in [2.05, 4.69) is 30.5 Å². The van der Waals surface area contributed by atoms with Crippen molar-refractivity contribution in [1.82, 2.24) is 30.0 Å². The predicted octanol–water partition coefficient (Wildman–Crippen LogP) is 7.19. The Morgan fingerprint density at radius 3 is 2.88 bits per heavy atom. The fourth-order valence-electron chi connectivity index (χ4n) is 5.56. The molecule has 14 heteroatoms. The second-order valence-corrected chi connectivity index (χ2v) is 12.7. The van der Waals surface area contributed by atoms with Gasteiger partial charge < -0.3 is 19.2 Å². The van der Waals surface area contributed by atoms with Gasteiger partial charge in [-0.2, -0.15) is 4.98 Å². The first-order valence-electron chi connectivity index (χ1n) is 15.8. The Bertz CT molecular complexity index is 1960. The summed E-state index contributed by atoms with van der Waals surface area (Å²) in [6, 6.07) is 8.19. The van der Waals surface area contributed by atoms with Crippen molar-refractivity contribution in [2.24, 2.45) is 0 Å². The van der Waals surface area contributed by atoms with E-state index in [9.17, 15) is 9.18 Å². The van der Waals surface area contributed by atoms with Gasteiger partial charge in [0.15, 0.2) is 5.78 Å². The number of ether oxygens (including phenoxy) is 2. The first-order valence-corrected chi connectivity index (χ1v) is 16.7. The highest BCUT2D eigenvalue weighted by Gasteiger charge is 2.30. The van der Waals surface area contributed by atoms with Crippen molar-refractivity contribution in [1.29, 1.82) is 0 Å². The molecular formula is C34H33F2N7O4S. The summed E-state index contributed by atoms with van der Waals surface area (Å²) in [5.74, 6) is 2.11. The molecule has 1 saturated heterocycles. The number of likely N-dealkylation sites (tertiary alicyclic amines) is 1. The van der Waals surface area contributed by atoms with Crippen LogP contribution in [0.4, 0.5) is 20.3 Å². The lowest BCUT2D eigenvalue weighted by molar-refractivity contribution is -0.114. The van der Waals surface area contributed by atoms with Crippen molar-refractivity contribution >= 4 is 39.5 Å². The van der Waals surface area contributed by atoms with E-state index in [1.54, 1.807) is 36.8 Å². The number of nitrogens with zero attached hydrogens (tertiary/aromatic N) is 6. The monoisotopic (exact) mass is 673 g/mol. The quantitative estimate of drug-likeness (QED) is 0.120. The van der Waals surface area contributed by atoms with Crippen LogP contribution < -0.4 is 14.8 Å². The van der Waals surface area contributed by atoms with Crippen LogP contribution >= 0.6 is 11.3 Å². The number of hydrogen-bond acceptors (Lipinski definition) is 12. The van der Waals surface area contributed by atoms with Gasteiger partial charge in [-0.3, -0.25) is 9.69 Å². The van der Waals surface area contributed by atoms with Gasteiger partial charge in [-0.25, -0.2) is 18.7 Å². The predicted molar refractivity (Wildman–Crippen MR) is 176 cm³/mol. The number of alkyl halides is 1. The highest BCUT2D eigenvalue weighted by molar-refractivity contribution is 7.11. The number of rotatable bonds is 14. The largest absolute Gasteiger partial charge is 0.496 e. The summed E-state index contributed by atoms with van der Waals surface area (Å²) >= 11 is 1.24. The zero-order valence-corrected chi connectivity index (χ0v) is 27.0. The molecule has 1 saturated carbocycles. The topological polar surface area (TPSA) is 128 Å². The Kier molecular flexibility index (Phi) is 9.34. The number of carbonyl (C=O) groups is 1. The van der Waals surface area contributed by atoms with E-state index in [0.717, 1.165) is 18.4 Å². The molecule has 1 aliphatic carbocycles. The summed E-state index contributed by atoms with van der Waals surface area (Å²) in [7, 11) is 1.58. The summed E-state index contributed by atoms with van der Waals surface area (Å²) in [6.45, 7) is 1.72. The molecule has 0 unspecified atom stereocenters. The lowest BCUT2D eigenvalue weighted by atomic mass is 10.0. The van der Waals surface area contributed by atoms with Crippen molar-refractivity contribution in [2.75, 3.05) is 32.1 Å². The molecule has 7 rings (SSSR count). The number of fused-ring (bicyclic) bond motifs is 1. The molecular weight excluding hydrogens is 640 g/mol. The summed E-state index contributed by atoms with van der Waals surface area (Å²) in [6.07, 6.45) is 8.21. The number of hydrogen-bond donors (Lipinski definition) is 1. The molecule has 2 aliphatic rings. The van der Waals surface area contributed by atoms with Crippen LogP contribution in [0.15, 0.2) is 58.6 Å². The van der Waals surface area contributed by atoms with Crippen molar-refractivity contribution in [2.45, 2.75) is 50.6 Å². The molecule has 248 valence electrons. The SMILES string of the molecule is COc1cc2ncnc(Nc3ccc(Oc4nc(-c5nnc(C6CC6)o5)cs4)cc3F)c2cc1CCCC(=O)/C=C/CN1CC[C@@H](F)C1. The normalized spacial score (nSPS) is 16.6. The Hall–Kier alpha value is -4.82. The maximum atomic E-state index is 15.3. The molecule has 2 aromatic carbocycles. The first kappa shape index (κ1) is 31.8. The summed E-state index contributed by atoms with van der Waals surface area (Å²) in [4.78, 5) is 27.6. The highest BCUT2D eigenvalue weighted by atomic mass is 32.1. The minimum Gasteiger partial charge on any atom is -0.496 e. The Morgan fingerprint density at radius 1 is 1.19 bits per heavy atom. The molecule has 0 amide bonds. The summed E-state index contributed by atoms with van der Waals surface area (Å²) in [5, 5.41) is 14.0. The molecule has 48 heavy (non-hydrogen) atoms. The lowest BCUT2D eigenvalue weighted by Crippen LogP contribution is -2.21. The zero-order chi connectivity index (χ0) is 33.0. The number of allylic oxidation sites excluding steroid dienone is 1. The van der Waals surface area contributed by atoms with Crippen LogP contribution in [0.5, 0.6) is 16.7 Å². The summed E-state index contributed by atoms with van der Waals surface area (Å²) in [5.41, 5.74) is 2.21. The number of ketones is 1. The molecule has 11 nitrogen and oxygen atoms in total. The molecule has 1 N–H and O–H groups in total. The van der Waals surface area contributed by atoms with Crippen LogP contribution in [-0.2, 0) is 11.2 Å². The summed E-state index contributed by atoms with van der Waals surface area (Å²) < 4.78 is 45.8. The maximum Gasteiger partial charge on any atom is 0.279 e. The van der Waals surface area contributed by atoms with Gasteiger partial charge in [-0.1, -0.05) is 17.4 Å². The maximum absolute atomic E-state index is 15.3. The molecule has 1 aliphatic heterocycles. The molecule has 1 atom stereocenters. The van der Waals surface area contributed by atoms with Crippen molar-refractivity contribution in [3.63, 3.8) is 0 Å². The number of halogens is 2. The van der Waals surface area contributed by atoms with Crippen LogP contribution in [0.1, 0.15) is 49.5 Å². The fourth-order valence-corrected chi connectivity index (χ4v) is 6.22. The number of nitrogens with one attached hydrogen (secondary N) is 1. The average Bonchev–Trinajstić information content (AvgIpc) is 3.40. The average molecular weight is 674 g/mol. The number of methoxy groups -OCH3 is 1. The van der Waals surface area contributed by atoms with Gasteiger partial charge in [0.05, 0.1) is 18.3 Å². The molecule has 0 radical (unpaired) electrons. The second-order valence-electron chi connectivity index (χ2n) is 11.9. The number of thiazole rings is 1. The van der Waals surface area contributed by atoms with Gasteiger partial charge in [-0.15, -0.1) is 10.2 Å². The molecule has 0 bridgehead atoms. The van der Waals surface area contributed by atoms with Crippen molar-refractivity contribution in [3.05, 3.63) is 71.5 Å². The third-order valence-corrected chi connectivity index (χ3v) is 8.97. The van der Waals surface area contributed by atoms with Gasteiger partial charge in [0.1, 0.15) is 41.3 Å². The van der Waals surface area contributed by atoms with E-state index in [0.29, 0.717) is 96.4 Å². The number of benzene rings is 2. The van der Waals surface area contributed by atoms with Crippen molar-refractivity contribution < 1.29 is 27.5 Å². The molecule has 2 fully saturated rings. The Labute approximate surface area is 279 Å². The van der Waals surface area contributed by atoms with Crippen LogP contribution in [0.25, 0.3) is 22.5 Å². The van der Waals surface area contributed by atoms with Gasteiger partial charge >= 0.3 is 0 Å². The minimum atomic E-state index is -0.777. The molecule has 0 spiro atoms. The second kappa shape index (κ2) is 14.1. The van der Waals surface area contributed by atoms with Gasteiger partial charge in [0, 0.05) is 54.9 Å². The number of anilines is 2. The lowest BCUT2D eigenvalue weighted by Gasteiger charge is -2.13. The molecule has 4 heterocycles.